The molecule has 1 aromatic carbocycles. The van der Waals surface area contributed by atoms with Gasteiger partial charge in [-0.3, -0.25) is 4.79 Å². The van der Waals surface area contributed by atoms with Crippen molar-refractivity contribution in [3.63, 3.8) is 0 Å². The van der Waals surface area contributed by atoms with Crippen LogP contribution in [0, 0.1) is 0 Å². The Hall–Kier alpha value is -1.26. The van der Waals surface area contributed by atoms with Crippen molar-refractivity contribution in [1.29, 1.82) is 0 Å². The number of hydrogen-bond acceptors (Lipinski definition) is 3. The van der Waals surface area contributed by atoms with Gasteiger partial charge >= 0.3 is 5.97 Å². The molecule has 0 atom stereocenters. The van der Waals surface area contributed by atoms with Crippen LogP contribution in [-0.4, -0.2) is 49.7 Å². The summed E-state index contributed by atoms with van der Waals surface area (Å²) in [5.41, 5.74) is 0.835. The standard InChI is InChI=1S/C12H17ClN2O2/c1-14(2)6-7-15(9-12(16)17)11-5-3-4-10(13)8-11/h3-5,8H,6-7,9H2,1-2H3,(H,16,17). The number of hydrogen-bond donors (Lipinski definition) is 1. The fourth-order valence-corrected chi connectivity index (χ4v) is 1.64. The number of benzene rings is 1. The van der Waals surface area contributed by atoms with E-state index in [1.807, 2.05) is 31.1 Å². The van der Waals surface area contributed by atoms with E-state index in [1.165, 1.54) is 0 Å². The number of halogens is 1. The monoisotopic (exact) mass is 256 g/mol. The molecule has 0 bridgehead atoms. The largest absolute Gasteiger partial charge is 0.480 e. The summed E-state index contributed by atoms with van der Waals surface area (Å²) >= 11 is 5.90. The van der Waals surface area contributed by atoms with Crippen LogP contribution in [0.25, 0.3) is 0 Å². The van der Waals surface area contributed by atoms with Crippen molar-refractivity contribution in [2.45, 2.75) is 0 Å². The zero-order valence-corrected chi connectivity index (χ0v) is 10.8. The lowest BCUT2D eigenvalue weighted by Crippen LogP contribution is -2.35. The Morgan fingerprint density at radius 3 is 2.59 bits per heavy atom. The van der Waals surface area contributed by atoms with Gasteiger partial charge in [-0.2, -0.15) is 0 Å². The van der Waals surface area contributed by atoms with Crippen molar-refractivity contribution in [2.24, 2.45) is 0 Å². The zero-order valence-electron chi connectivity index (χ0n) is 10.1. The van der Waals surface area contributed by atoms with Gasteiger partial charge in [-0.1, -0.05) is 17.7 Å². The van der Waals surface area contributed by atoms with E-state index in [-0.39, 0.29) is 6.54 Å². The molecule has 0 saturated carbocycles. The summed E-state index contributed by atoms with van der Waals surface area (Å²) in [5.74, 6) is -0.844. The molecular formula is C12H17ClN2O2. The van der Waals surface area contributed by atoms with Crippen LogP contribution in [0.2, 0.25) is 5.02 Å². The first-order valence-electron chi connectivity index (χ1n) is 5.36. The van der Waals surface area contributed by atoms with E-state index < -0.39 is 5.97 Å². The molecule has 94 valence electrons. The lowest BCUT2D eigenvalue weighted by molar-refractivity contribution is -0.135. The molecule has 0 unspecified atom stereocenters. The van der Waals surface area contributed by atoms with Crippen LogP contribution >= 0.6 is 11.6 Å². The number of carbonyl (C=O) groups is 1. The van der Waals surface area contributed by atoms with E-state index in [0.29, 0.717) is 11.6 Å². The molecule has 0 saturated heterocycles. The van der Waals surface area contributed by atoms with E-state index in [4.69, 9.17) is 16.7 Å². The lowest BCUT2D eigenvalue weighted by Gasteiger charge is -2.24. The van der Waals surface area contributed by atoms with Crippen LogP contribution in [0.1, 0.15) is 0 Å². The highest BCUT2D eigenvalue weighted by molar-refractivity contribution is 6.30. The molecule has 0 amide bonds. The molecule has 0 spiro atoms. The summed E-state index contributed by atoms with van der Waals surface area (Å²) < 4.78 is 0. The molecule has 1 rings (SSSR count). The smallest absolute Gasteiger partial charge is 0.323 e. The molecule has 1 N–H and O–H groups in total. The van der Waals surface area contributed by atoms with Gasteiger partial charge in [-0.25, -0.2) is 0 Å². The number of aliphatic carboxylic acids is 1. The van der Waals surface area contributed by atoms with Crippen LogP contribution < -0.4 is 4.90 Å². The summed E-state index contributed by atoms with van der Waals surface area (Å²) in [6, 6.07) is 7.24. The third-order valence-electron chi connectivity index (χ3n) is 2.32. The summed E-state index contributed by atoms with van der Waals surface area (Å²) in [7, 11) is 3.91. The van der Waals surface area contributed by atoms with Crippen LogP contribution in [-0.2, 0) is 4.79 Å². The van der Waals surface area contributed by atoms with E-state index in [9.17, 15) is 4.79 Å². The second-order valence-electron chi connectivity index (χ2n) is 4.10. The number of likely N-dealkylation sites (N-methyl/N-ethyl adjacent to an activating group) is 1. The Bertz CT molecular complexity index is 383. The minimum atomic E-state index is -0.844. The number of rotatable bonds is 6. The fourth-order valence-electron chi connectivity index (χ4n) is 1.46. The van der Waals surface area contributed by atoms with E-state index in [0.717, 1.165) is 12.2 Å². The van der Waals surface area contributed by atoms with E-state index in [2.05, 4.69) is 0 Å². The van der Waals surface area contributed by atoms with Gasteiger partial charge in [0.2, 0.25) is 0 Å². The minimum Gasteiger partial charge on any atom is -0.480 e. The second-order valence-corrected chi connectivity index (χ2v) is 4.53. The Kier molecular flexibility index (Phi) is 5.25. The fraction of sp³-hybridized carbons (Fsp3) is 0.417. The predicted molar refractivity (Wildman–Crippen MR) is 69.9 cm³/mol. The summed E-state index contributed by atoms with van der Waals surface area (Å²) in [4.78, 5) is 14.6. The van der Waals surface area contributed by atoms with Crippen molar-refractivity contribution < 1.29 is 9.90 Å². The van der Waals surface area contributed by atoms with Gasteiger partial charge in [0.25, 0.3) is 0 Å². The summed E-state index contributed by atoms with van der Waals surface area (Å²) in [6.45, 7) is 1.42. The van der Waals surface area contributed by atoms with Gasteiger partial charge in [0.15, 0.2) is 0 Å². The maximum absolute atomic E-state index is 10.8. The number of anilines is 1. The minimum absolute atomic E-state index is 0.0197. The highest BCUT2D eigenvalue weighted by Gasteiger charge is 2.11. The normalized spacial score (nSPS) is 10.6. The first-order valence-corrected chi connectivity index (χ1v) is 5.74. The Morgan fingerprint density at radius 1 is 1.35 bits per heavy atom. The Labute approximate surface area is 106 Å². The van der Waals surface area contributed by atoms with Crippen molar-refractivity contribution >= 4 is 23.3 Å². The van der Waals surface area contributed by atoms with Crippen LogP contribution in [0.15, 0.2) is 24.3 Å². The maximum atomic E-state index is 10.8. The molecule has 5 heteroatoms. The van der Waals surface area contributed by atoms with Gasteiger partial charge in [0.05, 0.1) is 0 Å². The predicted octanol–water partition coefficient (Wildman–Crippen LogP) is 1.79. The van der Waals surface area contributed by atoms with Gasteiger partial charge < -0.3 is 14.9 Å². The third kappa shape index (κ3) is 5.06. The van der Waals surface area contributed by atoms with Crippen LogP contribution in [0.3, 0.4) is 0 Å². The molecule has 17 heavy (non-hydrogen) atoms. The van der Waals surface area contributed by atoms with Gasteiger partial charge in [-0.15, -0.1) is 0 Å². The van der Waals surface area contributed by atoms with Crippen molar-refractivity contribution in [1.82, 2.24) is 4.90 Å². The van der Waals surface area contributed by atoms with Crippen molar-refractivity contribution in [3.05, 3.63) is 29.3 Å². The molecule has 0 aromatic heterocycles. The van der Waals surface area contributed by atoms with Crippen LogP contribution in [0.5, 0.6) is 0 Å². The second kappa shape index (κ2) is 6.47. The molecule has 1 aromatic rings. The van der Waals surface area contributed by atoms with Gasteiger partial charge in [0, 0.05) is 23.8 Å². The molecule has 0 radical (unpaired) electrons. The highest BCUT2D eigenvalue weighted by atomic mass is 35.5. The molecular weight excluding hydrogens is 240 g/mol. The number of carboxylic acids is 1. The molecule has 0 heterocycles. The summed E-state index contributed by atoms with van der Waals surface area (Å²) in [5, 5.41) is 9.51. The lowest BCUT2D eigenvalue weighted by atomic mass is 10.3. The average Bonchev–Trinajstić information content (AvgIpc) is 2.23. The van der Waals surface area contributed by atoms with E-state index in [1.54, 1.807) is 17.0 Å². The molecule has 0 fully saturated rings. The first kappa shape index (κ1) is 13.8. The first-order chi connectivity index (χ1) is 7.99. The van der Waals surface area contributed by atoms with E-state index >= 15 is 0 Å². The Morgan fingerprint density at radius 2 is 2.06 bits per heavy atom. The average molecular weight is 257 g/mol. The highest BCUT2D eigenvalue weighted by Crippen LogP contribution is 2.19. The topological polar surface area (TPSA) is 43.8 Å². The zero-order chi connectivity index (χ0) is 12.8. The number of nitrogens with zero attached hydrogens (tertiary/aromatic N) is 2. The molecule has 0 aliphatic carbocycles. The molecule has 0 aliphatic heterocycles. The third-order valence-corrected chi connectivity index (χ3v) is 2.55. The SMILES string of the molecule is CN(C)CCN(CC(=O)O)c1cccc(Cl)c1. The maximum Gasteiger partial charge on any atom is 0.323 e. The number of carboxylic acid groups (broad SMARTS) is 1. The molecule has 0 aliphatic rings. The van der Waals surface area contributed by atoms with Gasteiger partial charge in [0.1, 0.15) is 6.54 Å². The van der Waals surface area contributed by atoms with Gasteiger partial charge in [-0.05, 0) is 32.3 Å². The van der Waals surface area contributed by atoms with Crippen LogP contribution in [0.4, 0.5) is 5.69 Å². The Balaban J connectivity index is 2.78. The quantitative estimate of drug-likeness (QED) is 0.843. The summed E-state index contributed by atoms with van der Waals surface area (Å²) in [6.07, 6.45) is 0. The molecule has 4 nitrogen and oxygen atoms in total. The van der Waals surface area contributed by atoms with Crippen molar-refractivity contribution in [3.8, 4) is 0 Å². The van der Waals surface area contributed by atoms with Crippen molar-refractivity contribution in [2.75, 3.05) is 38.6 Å².